The van der Waals surface area contributed by atoms with Crippen LogP contribution < -0.4 is 19.9 Å². The number of benzene rings is 2. The molecule has 1 fully saturated rings. The Morgan fingerprint density at radius 2 is 1.71 bits per heavy atom. The molecule has 0 bridgehead atoms. The molecular formula is C23H26F3N3O2. The normalized spacial score (nSPS) is 19.8. The fraction of sp³-hybridized carbons (Fsp3) is 0.435. The molecule has 2 aliphatic rings. The van der Waals surface area contributed by atoms with Crippen molar-refractivity contribution in [3.63, 3.8) is 0 Å². The van der Waals surface area contributed by atoms with Gasteiger partial charge in [-0.25, -0.2) is 0 Å². The second-order valence-corrected chi connectivity index (χ2v) is 8.07. The highest BCUT2D eigenvalue weighted by Crippen LogP contribution is 2.38. The van der Waals surface area contributed by atoms with Crippen molar-refractivity contribution in [3.05, 3.63) is 42.5 Å². The molecule has 2 aromatic carbocycles. The molecule has 0 aliphatic carbocycles. The zero-order valence-electron chi connectivity index (χ0n) is 17.6. The first-order chi connectivity index (χ1) is 14.8. The molecular weight excluding hydrogens is 407 g/mol. The first kappa shape index (κ1) is 21.3. The predicted molar refractivity (Wildman–Crippen MR) is 115 cm³/mol. The van der Waals surface area contributed by atoms with E-state index in [0.29, 0.717) is 25.3 Å². The summed E-state index contributed by atoms with van der Waals surface area (Å²) >= 11 is 0. The summed E-state index contributed by atoms with van der Waals surface area (Å²) in [5.74, 6) is -0.591. The van der Waals surface area contributed by atoms with Crippen molar-refractivity contribution in [3.8, 4) is 5.75 Å². The van der Waals surface area contributed by atoms with E-state index < -0.39 is 18.2 Å². The lowest BCUT2D eigenvalue weighted by atomic mass is 9.96. The van der Waals surface area contributed by atoms with Gasteiger partial charge in [-0.05, 0) is 55.7 Å². The van der Waals surface area contributed by atoms with Crippen LogP contribution in [0, 0.1) is 5.92 Å². The summed E-state index contributed by atoms with van der Waals surface area (Å²) in [5, 5.41) is 3.32. The number of ether oxygens (including phenoxy) is 1. The van der Waals surface area contributed by atoms with Gasteiger partial charge in [0.05, 0.1) is 11.6 Å². The highest BCUT2D eigenvalue weighted by molar-refractivity contribution is 5.99. The van der Waals surface area contributed by atoms with Crippen LogP contribution in [-0.4, -0.2) is 38.3 Å². The van der Waals surface area contributed by atoms with Gasteiger partial charge in [0, 0.05) is 43.3 Å². The van der Waals surface area contributed by atoms with Gasteiger partial charge in [-0.1, -0.05) is 6.92 Å². The maximum atomic E-state index is 12.9. The first-order valence-electron chi connectivity index (χ1n) is 10.5. The number of hydrogen-bond acceptors (Lipinski definition) is 4. The van der Waals surface area contributed by atoms with Crippen LogP contribution in [0.2, 0.25) is 0 Å². The van der Waals surface area contributed by atoms with Gasteiger partial charge in [0.2, 0.25) is 0 Å². The highest BCUT2D eigenvalue weighted by Gasteiger charge is 2.41. The number of likely N-dealkylation sites (N-methyl/N-ethyl adjacent to an activating group) is 1. The molecule has 0 spiro atoms. The lowest BCUT2D eigenvalue weighted by molar-refractivity contribution is -0.179. The van der Waals surface area contributed by atoms with E-state index in [2.05, 4.69) is 5.32 Å². The number of nitrogens with zero attached hydrogens (tertiary/aromatic N) is 2. The zero-order chi connectivity index (χ0) is 22.2. The van der Waals surface area contributed by atoms with Crippen LogP contribution in [0.5, 0.6) is 5.75 Å². The quantitative estimate of drug-likeness (QED) is 0.707. The summed E-state index contributed by atoms with van der Waals surface area (Å²) in [5.41, 5.74) is 3.35. The number of halogens is 3. The van der Waals surface area contributed by atoms with Crippen molar-refractivity contribution in [1.29, 1.82) is 0 Å². The van der Waals surface area contributed by atoms with Gasteiger partial charge in [0.15, 0.2) is 6.10 Å². The molecule has 4 rings (SSSR count). The van der Waals surface area contributed by atoms with Crippen molar-refractivity contribution in [2.45, 2.75) is 38.5 Å². The maximum absolute atomic E-state index is 12.9. The molecule has 1 amide bonds. The Kier molecular flexibility index (Phi) is 5.73. The number of hydrogen-bond donors (Lipinski definition) is 1. The zero-order valence-corrected chi connectivity index (χ0v) is 17.6. The molecule has 8 heteroatoms. The number of amides is 1. The topological polar surface area (TPSA) is 44.8 Å². The van der Waals surface area contributed by atoms with E-state index in [1.54, 1.807) is 11.9 Å². The fourth-order valence-corrected chi connectivity index (χ4v) is 4.15. The van der Waals surface area contributed by atoms with Crippen molar-refractivity contribution in [1.82, 2.24) is 0 Å². The Morgan fingerprint density at radius 1 is 1.06 bits per heavy atom. The number of fused-ring (bicyclic) bond motifs is 1. The van der Waals surface area contributed by atoms with E-state index in [-0.39, 0.29) is 18.7 Å². The van der Waals surface area contributed by atoms with E-state index in [4.69, 9.17) is 4.74 Å². The van der Waals surface area contributed by atoms with Crippen LogP contribution in [0.4, 0.5) is 35.9 Å². The summed E-state index contributed by atoms with van der Waals surface area (Å²) in [6.07, 6.45) is -3.71. The molecule has 1 atom stereocenters. The van der Waals surface area contributed by atoms with Gasteiger partial charge >= 0.3 is 6.18 Å². The number of carbonyl (C=O) groups excluding carboxylic acids is 1. The van der Waals surface area contributed by atoms with Gasteiger partial charge in [-0.3, -0.25) is 4.79 Å². The SMILES string of the molecule is CCC1Oc2cc(Nc3ccc(N4CCC(C(F)(F)F)CC4)cc3)ccc2N(C)C1=O. The van der Waals surface area contributed by atoms with Gasteiger partial charge in [-0.15, -0.1) is 0 Å². The fourth-order valence-electron chi connectivity index (χ4n) is 4.15. The molecule has 31 heavy (non-hydrogen) atoms. The van der Waals surface area contributed by atoms with Gasteiger partial charge in [0.25, 0.3) is 5.91 Å². The number of anilines is 4. The highest BCUT2D eigenvalue weighted by atomic mass is 19.4. The van der Waals surface area contributed by atoms with Crippen LogP contribution >= 0.6 is 0 Å². The summed E-state index contributed by atoms with van der Waals surface area (Å²) in [4.78, 5) is 15.9. The van der Waals surface area contributed by atoms with Crippen molar-refractivity contribution >= 4 is 28.7 Å². The molecule has 2 aromatic rings. The van der Waals surface area contributed by atoms with E-state index in [1.807, 2.05) is 54.3 Å². The number of rotatable bonds is 4. The Labute approximate surface area is 179 Å². The molecule has 0 radical (unpaired) electrons. The smallest absolute Gasteiger partial charge is 0.391 e. The van der Waals surface area contributed by atoms with E-state index in [1.165, 1.54) is 0 Å². The third-order valence-electron chi connectivity index (χ3n) is 6.05. The average Bonchev–Trinajstić information content (AvgIpc) is 2.76. The largest absolute Gasteiger partial charge is 0.478 e. The standard InChI is InChI=1S/C23H26F3N3O2/c1-3-20-22(30)28(2)19-9-6-17(14-21(19)31-20)27-16-4-7-18(8-5-16)29-12-10-15(11-13-29)23(24,25)26/h4-9,14-15,20,27H,3,10-13H2,1-2H3. The number of carbonyl (C=O) groups is 1. The van der Waals surface area contributed by atoms with Gasteiger partial charge < -0.3 is 19.9 Å². The minimum atomic E-state index is -4.10. The lowest BCUT2D eigenvalue weighted by Crippen LogP contribution is -2.43. The summed E-state index contributed by atoms with van der Waals surface area (Å²) < 4.78 is 44.4. The van der Waals surface area contributed by atoms with E-state index in [0.717, 1.165) is 22.7 Å². The third kappa shape index (κ3) is 4.43. The van der Waals surface area contributed by atoms with Crippen molar-refractivity contribution < 1.29 is 22.7 Å². The number of nitrogens with one attached hydrogen (secondary N) is 1. The molecule has 5 nitrogen and oxygen atoms in total. The minimum Gasteiger partial charge on any atom is -0.478 e. The molecule has 1 N–H and O–H groups in total. The van der Waals surface area contributed by atoms with Crippen LogP contribution in [0.3, 0.4) is 0 Å². The number of piperidine rings is 1. The molecule has 2 heterocycles. The lowest BCUT2D eigenvalue weighted by Gasteiger charge is -2.34. The molecule has 0 saturated carbocycles. The molecule has 1 unspecified atom stereocenters. The Morgan fingerprint density at radius 3 is 2.32 bits per heavy atom. The molecule has 2 aliphatic heterocycles. The summed E-state index contributed by atoms with van der Waals surface area (Å²) in [6.45, 7) is 2.73. The average molecular weight is 433 g/mol. The maximum Gasteiger partial charge on any atom is 0.391 e. The molecule has 0 aromatic heterocycles. The molecule has 166 valence electrons. The van der Waals surface area contributed by atoms with Crippen LogP contribution in [0.25, 0.3) is 0 Å². The van der Waals surface area contributed by atoms with Crippen molar-refractivity contribution in [2.75, 3.05) is 35.3 Å². The van der Waals surface area contributed by atoms with Gasteiger partial charge in [0.1, 0.15) is 5.75 Å². The monoisotopic (exact) mass is 433 g/mol. The second-order valence-electron chi connectivity index (χ2n) is 8.07. The molecule has 1 saturated heterocycles. The van der Waals surface area contributed by atoms with Gasteiger partial charge in [-0.2, -0.15) is 13.2 Å². The third-order valence-corrected chi connectivity index (χ3v) is 6.05. The Bertz CT molecular complexity index is 938. The summed E-state index contributed by atoms with van der Waals surface area (Å²) in [6, 6.07) is 13.3. The van der Waals surface area contributed by atoms with Crippen LogP contribution in [0.15, 0.2) is 42.5 Å². The Balaban J connectivity index is 1.42. The second kappa shape index (κ2) is 8.32. The summed E-state index contributed by atoms with van der Waals surface area (Å²) in [7, 11) is 1.75. The van der Waals surface area contributed by atoms with E-state index >= 15 is 0 Å². The predicted octanol–water partition coefficient (Wildman–Crippen LogP) is 5.34. The Hall–Kier alpha value is -2.90. The van der Waals surface area contributed by atoms with Crippen LogP contribution in [-0.2, 0) is 4.79 Å². The van der Waals surface area contributed by atoms with Crippen LogP contribution in [0.1, 0.15) is 26.2 Å². The van der Waals surface area contributed by atoms with E-state index in [9.17, 15) is 18.0 Å². The number of alkyl halides is 3. The van der Waals surface area contributed by atoms with Crippen molar-refractivity contribution in [2.24, 2.45) is 5.92 Å². The minimum absolute atomic E-state index is 0.0504. The first-order valence-corrected chi connectivity index (χ1v) is 10.5.